The summed E-state index contributed by atoms with van der Waals surface area (Å²) in [5, 5.41) is 15.6. The number of carbonyl (C=O) groups excluding carboxylic acids is 1. The molecule has 11 heteroatoms. The van der Waals surface area contributed by atoms with Gasteiger partial charge in [-0.2, -0.15) is 4.72 Å². The number of hydrogen-bond donors (Lipinski definition) is 5. The molecule has 38 heavy (non-hydrogen) atoms. The van der Waals surface area contributed by atoms with E-state index in [2.05, 4.69) is 31.4 Å². The van der Waals surface area contributed by atoms with E-state index in [1.807, 2.05) is 13.0 Å². The van der Waals surface area contributed by atoms with Gasteiger partial charge in [0.1, 0.15) is 17.6 Å². The number of H-pyrrole nitrogens is 1. The summed E-state index contributed by atoms with van der Waals surface area (Å²) in [6.07, 6.45) is 7.12. The van der Waals surface area contributed by atoms with Crippen molar-refractivity contribution in [3.63, 3.8) is 0 Å². The Hall–Kier alpha value is -3.70. The number of pyridine rings is 1. The van der Waals surface area contributed by atoms with Gasteiger partial charge in [0.25, 0.3) is 5.91 Å². The number of rotatable bonds is 10. The zero-order valence-corrected chi connectivity index (χ0v) is 22.5. The van der Waals surface area contributed by atoms with Gasteiger partial charge in [0.05, 0.1) is 4.90 Å². The number of nitrogens with one attached hydrogen (secondary N) is 4. The van der Waals surface area contributed by atoms with Crippen LogP contribution in [-0.2, 0) is 27.7 Å². The number of sulfonamides is 1. The minimum Gasteiger partial charge on any atom is -0.480 e. The second-order valence-corrected chi connectivity index (χ2v) is 11.5. The molecule has 3 aromatic rings. The first kappa shape index (κ1) is 27.3. The van der Waals surface area contributed by atoms with E-state index < -0.39 is 34.5 Å². The van der Waals surface area contributed by atoms with Gasteiger partial charge in [0, 0.05) is 25.0 Å². The summed E-state index contributed by atoms with van der Waals surface area (Å²) in [4.78, 5) is 31.8. The number of carbonyl (C=O) groups is 2. The first-order valence-corrected chi connectivity index (χ1v) is 14.0. The Bertz CT molecular complexity index is 1430. The van der Waals surface area contributed by atoms with Crippen LogP contribution in [-0.4, -0.2) is 54.0 Å². The highest BCUT2D eigenvalue weighted by molar-refractivity contribution is 7.89. The summed E-state index contributed by atoms with van der Waals surface area (Å²) < 4.78 is 28.2. The van der Waals surface area contributed by atoms with Crippen molar-refractivity contribution in [3.8, 4) is 0 Å². The fourth-order valence-electron chi connectivity index (χ4n) is 4.94. The van der Waals surface area contributed by atoms with E-state index in [4.69, 9.17) is 0 Å². The average molecular weight is 540 g/mol. The van der Waals surface area contributed by atoms with Crippen LogP contribution in [0.4, 0.5) is 5.82 Å². The van der Waals surface area contributed by atoms with Crippen LogP contribution in [0.3, 0.4) is 0 Å². The van der Waals surface area contributed by atoms with Crippen LogP contribution in [0.25, 0.3) is 0 Å². The predicted octanol–water partition coefficient (Wildman–Crippen LogP) is 2.86. The minimum absolute atomic E-state index is 0.0430. The van der Waals surface area contributed by atoms with Crippen LogP contribution in [0, 0.1) is 20.8 Å². The number of anilines is 1. The Morgan fingerprint density at radius 2 is 1.92 bits per heavy atom. The second-order valence-electron chi connectivity index (χ2n) is 9.80. The second kappa shape index (κ2) is 11.4. The van der Waals surface area contributed by atoms with Crippen molar-refractivity contribution in [3.05, 3.63) is 76.2 Å². The number of carboxylic acids is 1. The van der Waals surface area contributed by atoms with Crippen molar-refractivity contribution >= 4 is 27.7 Å². The van der Waals surface area contributed by atoms with Gasteiger partial charge >= 0.3 is 5.97 Å². The summed E-state index contributed by atoms with van der Waals surface area (Å²) in [5.74, 6) is -0.980. The zero-order chi connectivity index (χ0) is 27.4. The lowest BCUT2D eigenvalue weighted by atomic mass is 9.96. The zero-order valence-electron chi connectivity index (χ0n) is 21.7. The van der Waals surface area contributed by atoms with Gasteiger partial charge in [0.15, 0.2) is 0 Å². The Morgan fingerprint density at radius 3 is 2.63 bits per heavy atom. The smallest absolute Gasteiger partial charge is 0.323 e. The molecule has 4 rings (SSSR count). The standard InChI is InChI=1S/C27H33N5O5S/c1-16-11-17(2)24(18(3)12-16)38(36,37)32-23(27(34)35)15-30-26(33)22-13-19(14-29-22)6-8-21-9-7-20-5-4-10-28-25(20)31-21/h4-5,10-14,21,23,29,32H,6-9,15H2,1-3H3,(H,28,31)(H,30,33)(H,34,35)/t21?,23-/m0/s1. The van der Waals surface area contributed by atoms with Gasteiger partial charge in [-0.25, -0.2) is 13.4 Å². The molecule has 0 saturated heterocycles. The quantitative estimate of drug-likeness (QED) is 0.265. The molecule has 0 radical (unpaired) electrons. The Labute approximate surface area is 222 Å². The molecule has 1 unspecified atom stereocenters. The number of aromatic nitrogens is 2. The SMILES string of the molecule is Cc1cc(C)c(S(=O)(=O)N[C@@H](CNC(=O)c2cc(CCC3CCc4cccnc4N3)c[nH]2)C(=O)O)c(C)c1. The van der Waals surface area contributed by atoms with Crippen LogP contribution < -0.4 is 15.4 Å². The van der Waals surface area contributed by atoms with Crippen molar-refractivity contribution in [2.45, 2.75) is 63.4 Å². The highest BCUT2D eigenvalue weighted by Crippen LogP contribution is 2.24. The van der Waals surface area contributed by atoms with Gasteiger partial charge in [-0.3, -0.25) is 9.59 Å². The summed E-state index contributed by atoms with van der Waals surface area (Å²) >= 11 is 0. The summed E-state index contributed by atoms with van der Waals surface area (Å²) in [5.41, 5.74) is 4.39. The molecule has 0 aliphatic carbocycles. The van der Waals surface area contributed by atoms with E-state index in [1.54, 1.807) is 44.4 Å². The lowest BCUT2D eigenvalue weighted by molar-refractivity contribution is -0.138. The van der Waals surface area contributed by atoms with E-state index in [1.165, 1.54) is 5.56 Å². The van der Waals surface area contributed by atoms with E-state index in [0.29, 0.717) is 11.1 Å². The first-order chi connectivity index (χ1) is 18.0. The van der Waals surface area contributed by atoms with E-state index >= 15 is 0 Å². The van der Waals surface area contributed by atoms with Crippen molar-refractivity contribution in [1.82, 2.24) is 20.0 Å². The molecule has 10 nitrogen and oxygen atoms in total. The van der Waals surface area contributed by atoms with Gasteiger partial charge in [-0.05, 0) is 80.8 Å². The topological polar surface area (TPSA) is 153 Å². The molecule has 0 bridgehead atoms. The fourth-order valence-corrected chi connectivity index (χ4v) is 6.59. The number of aliphatic carboxylic acids is 1. The number of hydrogen-bond acceptors (Lipinski definition) is 6. The van der Waals surface area contributed by atoms with Crippen LogP contribution in [0.15, 0.2) is 47.6 Å². The van der Waals surface area contributed by atoms with E-state index in [9.17, 15) is 23.1 Å². The van der Waals surface area contributed by atoms with Crippen LogP contribution in [0.5, 0.6) is 0 Å². The van der Waals surface area contributed by atoms with Crippen LogP contribution in [0.2, 0.25) is 0 Å². The lowest BCUT2D eigenvalue weighted by Gasteiger charge is -2.25. The molecule has 2 atom stereocenters. The molecule has 1 amide bonds. The maximum atomic E-state index is 13.0. The van der Waals surface area contributed by atoms with Crippen molar-refractivity contribution < 1.29 is 23.1 Å². The van der Waals surface area contributed by atoms with Crippen molar-refractivity contribution in [1.29, 1.82) is 0 Å². The summed E-state index contributed by atoms with van der Waals surface area (Å²) in [7, 11) is -4.13. The molecular weight excluding hydrogens is 506 g/mol. The average Bonchev–Trinajstić information content (AvgIpc) is 3.33. The summed E-state index contributed by atoms with van der Waals surface area (Å²) in [6.45, 7) is 4.77. The fraction of sp³-hybridized carbons (Fsp3) is 0.370. The van der Waals surface area contributed by atoms with E-state index in [0.717, 1.165) is 42.6 Å². The molecule has 202 valence electrons. The number of aromatic amines is 1. The third kappa shape index (κ3) is 6.40. The maximum absolute atomic E-state index is 13.0. The van der Waals surface area contributed by atoms with E-state index in [-0.39, 0.29) is 16.6 Å². The number of amides is 1. The normalized spacial score (nSPS) is 15.8. The highest BCUT2D eigenvalue weighted by atomic mass is 32.2. The van der Waals surface area contributed by atoms with Crippen LogP contribution >= 0.6 is 0 Å². The monoisotopic (exact) mass is 539 g/mol. The molecule has 3 heterocycles. The molecule has 1 aromatic carbocycles. The Morgan fingerprint density at radius 1 is 1.18 bits per heavy atom. The Balaban J connectivity index is 1.33. The molecule has 5 N–H and O–H groups in total. The molecule has 0 fully saturated rings. The molecule has 1 aliphatic heterocycles. The van der Waals surface area contributed by atoms with Gasteiger partial charge in [0.2, 0.25) is 10.0 Å². The number of aryl methyl sites for hydroxylation is 5. The molecule has 0 saturated carbocycles. The van der Waals surface area contributed by atoms with Crippen LogP contribution in [0.1, 0.15) is 51.1 Å². The Kier molecular flexibility index (Phi) is 8.17. The molecule has 0 spiro atoms. The lowest BCUT2D eigenvalue weighted by Crippen LogP contribution is -2.48. The summed E-state index contributed by atoms with van der Waals surface area (Å²) in [6, 6.07) is 7.94. The number of nitrogens with zero attached hydrogens (tertiary/aromatic N) is 1. The highest BCUT2D eigenvalue weighted by Gasteiger charge is 2.28. The van der Waals surface area contributed by atoms with Crippen molar-refractivity contribution in [2.24, 2.45) is 0 Å². The molecular formula is C27H33N5O5S. The first-order valence-electron chi connectivity index (χ1n) is 12.5. The number of carboxylic acid groups (broad SMARTS) is 1. The van der Waals surface area contributed by atoms with Crippen molar-refractivity contribution in [2.75, 3.05) is 11.9 Å². The van der Waals surface area contributed by atoms with Gasteiger partial charge in [-0.1, -0.05) is 23.8 Å². The largest absolute Gasteiger partial charge is 0.480 e. The van der Waals surface area contributed by atoms with Gasteiger partial charge in [-0.15, -0.1) is 0 Å². The predicted molar refractivity (Wildman–Crippen MR) is 144 cm³/mol. The number of benzene rings is 1. The third-order valence-electron chi connectivity index (χ3n) is 6.70. The maximum Gasteiger partial charge on any atom is 0.323 e. The molecule has 1 aliphatic rings. The third-order valence-corrected chi connectivity index (χ3v) is 8.48. The molecule has 2 aromatic heterocycles. The number of fused-ring (bicyclic) bond motifs is 1. The van der Waals surface area contributed by atoms with Gasteiger partial charge < -0.3 is 20.7 Å². The minimum atomic E-state index is -4.13.